The highest BCUT2D eigenvalue weighted by Gasteiger charge is 2.26. The molecular formula is C19H25ClFN3O3. The smallest absolute Gasteiger partial charge is 0.256 e. The summed E-state index contributed by atoms with van der Waals surface area (Å²) in [6, 6.07) is 4.05. The van der Waals surface area contributed by atoms with Gasteiger partial charge in [0, 0.05) is 32.7 Å². The SMILES string of the molecule is O=C(NCC(=O)N1CCC[C@H](CN2CCOCC2)C1)c1c(F)cccc1Cl. The van der Waals surface area contributed by atoms with Crippen LogP contribution in [0.2, 0.25) is 5.02 Å². The van der Waals surface area contributed by atoms with Gasteiger partial charge in [0.05, 0.1) is 30.3 Å². The van der Waals surface area contributed by atoms with E-state index in [4.69, 9.17) is 16.3 Å². The van der Waals surface area contributed by atoms with Crippen molar-refractivity contribution in [3.05, 3.63) is 34.6 Å². The highest BCUT2D eigenvalue weighted by molar-refractivity contribution is 6.33. The van der Waals surface area contributed by atoms with Gasteiger partial charge in [0.25, 0.3) is 5.91 Å². The van der Waals surface area contributed by atoms with E-state index in [1.165, 1.54) is 18.2 Å². The Bertz CT molecular complexity index is 662. The van der Waals surface area contributed by atoms with E-state index in [0.717, 1.165) is 45.7 Å². The summed E-state index contributed by atoms with van der Waals surface area (Å²) < 4.78 is 19.2. The third-order valence-corrected chi connectivity index (χ3v) is 5.40. The molecule has 2 fully saturated rings. The number of carbonyl (C=O) groups is 2. The number of nitrogens with zero attached hydrogens (tertiary/aromatic N) is 2. The molecule has 2 amide bonds. The molecule has 0 radical (unpaired) electrons. The zero-order chi connectivity index (χ0) is 19.2. The van der Waals surface area contributed by atoms with Gasteiger partial charge in [0.15, 0.2) is 0 Å². The zero-order valence-corrected chi connectivity index (χ0v) is 16.0. The maximum Gasteiger partial charge on any atom is 0.256 e. The van der Waals surface area contributed by atoms with Gasteiger partial charge in [-0.3, -0.25) is 14.5 Å². The lowest BCUT2D eigenvalue weighted by Crippen LogP contribution is -2.48. The molecule has 8 heteroatoms. The molecule has 3 rings (SSSR count). The predicted molar refractivity (Wildman–Crippen MR) is 100 cm³/mol. The van der Waals surface area contributed by atoms with Crippen molar-refractivity contribution in [3.8, 4) is 0 Å². The van der Waals surface area contributed by atoms with Gasteiger partial charge in [-0.1, -0.05) is 17.7 Å². The topological polar surface area (TPSA) is 61.9 Å². The number of hydrogen-bond donors (Lipinski definition) is 1. The number of piperidine rings is 1. The average molecular weight is 398 g/mol. The second kappa shape index (κ2) is 9.48. The van der Waals surface area contributed by atoms with Gasteiger partial charge in [-0.2, -0.15) is 0 Å². The molecule has 1 N–H and O–H groups in total. The minimum Gasteiger partial charge on any atom is -0.379 e. The molecule has 1 aromatic rings. The first-order valence-electron chi connectivity index (χ1n) is 9.34. The van der Waals surface area contributed by atoms with E-state index < -0.39 is 11.7 Å². The van der Waals surface area contributed by atoms with Crippen molar-refractivity contribution in [1.82, 2.24) is 15.1 Å². The summed E-state index contributed by atoms with van der Waals surface area (Å²) in [6.07, 6.45) is 2.05. The van der Waals surface area contributed by atoms with E-state index in [-0.39, 0.29) is 23.0 Å². The molecule has 2 saturated heterocycles. The molecule has 1 aromatic carbocycles. The first kappa shape index (κ1) is 20.0. The zero-order valence-electron chi connectivity index (χ0n) is 15.3. The van der Waals surface area contributed by atoms with Crippen LogP contribution in [0.15, 0.2) is 18.2 Å². The van der Waals surface area contributed by atoms with Crippen molar-refractivity contribution in [1.29, 1.82) is 0 Å². The Labute approximate surface area is 163 Å². The summed E-state index contributed by atoms with van der Waals surface area (Å²) in [6.45, 7) is 5.58. The number of halogens is 2. The Morgan fingerprint density at radius 2 is 2.04 bits per heavy atom. The quantitative estimate of drug-likeness (QED) is 0.822. The Morgan fingerprint density at radius 3 is 2.78 bits per heavy atom. The first-order chi connectivity index (χ1) is 13.0. The Kier molecular flexibility index (Phi) is 7.04. The summed E-state index contributed by atoms with van der Waals surface area (Å²) in [5.74, 6) is -1.09. The number of hydrogen-bond acceptors (Lipinski definition) is 4. The van der Waals surface area contributed by atoms with Crippen LogP contribution in [0.1, 0.15) is 23.2 Å². The summed E-state index contributed by atoms with van der Waals surface area (Å²) in [5, 5.41) is 2.52. The Morgan fingerprint density at radius 1 is 1.26 bits per heavy atom. The fourth-order valence-electron chi connectivity index (χ4n) is 3.66. The van der Waals surface area contributed by atoms with E-state index in [1.807, 2.05) is 0 Å². The number of morpholine rings is 1. The van der Waals surface area contributed by atoms with Crippen molar-refractivity contribution < 1.29 is 18.7 Å². The van der Waals surface area contributed by atoms with Gasteiger partial charge < -0.3 is 15.0 Å². The third kappa shape index (κ3) is 5.40. The van der Waals surface area contributed by atoms with Gasteiger partial charge in [-0.25, -0.2) is 4.39 Å². The molecule has 27 heavy (non-hydrogen) atoms. The minimum absolute atomic E-state index is 0.0310. The third-order valence-electron chi connectivity index (χ3n) is 5.08. The van der Waals surface area contributed by atoms with Crippen LogP contribution in [0.3, 0.4) is 0 Å². The van der Waals surface area contributed by atoms with Gasteiger partial charge in [-0.05, 0) is 30.9 Å². The van der Waals surface area contributed by atoms with Crippen LogP contribution in [0.5, 0.6) is 0 Å². The van der Waals surface area contributed by atoms with Crippen LogP contribution < -0.4 is 5.32 Å². The number of benzene rings is 1. The van der Waals surface area contributed by atoms with Crippen LogP contribution in [0.25, 0.3) is 0 Å². The molecular weight excluding hydrogens is 373 g/mol. The molecule has 2 aliphatic heterocycles. The normalized spacial score (nSPS) is 21.1. The molecule has 2 heterocycles. The fraction of sp³-hybridized carbons (Fsp3) is 0.579. The molecule has 2 aliphatic rings. The van der Waals surface area contributed by atoms with E-state index in [0.29, 0.717) is 19.0 Å². The van der Waals surface area contributed by atoms with Crippen LogP contribution in [0, 0.1) is 11.7 Å². The van der Waals surface area contributed by atoms with Gasteiger partial charge in [0.2, 0.25) is 5.91 Å². The van der Waals surface area contributed by atoms with Gasteiger partial charge in [-0.15, -0.1) is 0 Å². The Balaban J connectivity index is 1.49. The van der Waals surface area contributed by atoms with E-state index in [1.54, 1.807) is 4.90 Å². The number of likely N-dealkylation sites (tertiary alicyclic amines) is 1. The lowest BCUT2D eigenvalue weighted by atomic mass is 9.97. The van der Waals surface area contributed by atoms with Crippen LogP contribution in [-0.4, -0.2) is 74.1 Å². The lowest BCUT2D eigenvalue weighted by Gasteiger charge is -2.36. The van der Waals surface area contributed by atoms with Gasteiger partial charge in [0.1, 0.15) is 5.82 Å². The first-order valence-corrected chi connectivity index (χ1v) is 9.72. The summed E-state index contributed by atoms with van der Waals surface area (Å²) >= 11 is 5.89. The lowest BCUT2D eigenvalue weighted by molar-refractivity contribution is -0.132. The molecule has 148 valence electrons. The highest BCUT2D eigenvalue weighted by Crippen LogP contribution is 2.20. The second-order valence-electron chi connectivity index (χ2n) is 7.04. The molecule has 0 aromatic heterocycles. The van der Waals surface area contributed by atoms with E-state index in [2.05, 4.69) is 10.2 Å². The highest BCUT2D eigenvalue weighted by atomic mass is 35.5. The molecule has 0 aliphatic carbocycles. The number of amides is 2. The minimum atomic E-state index is -0.698. The van der Waals surface area contributed by atoms with Crippen LogP contribution in [0.4, 0.5) is 4.39 Å². The van der Waals surface area contributed by atoms with Crippen LogP contribution in [-0.2, 0) is 9.53 Å². The number of ether oxygens (including phenoxy) is 1. The molecule has 6 nitrogen and oxygen atoms in total. The van der Waals surface area contributed by atoms with Crippen molar-refractivity contribution in [3.63, 3.8) is 0 Å². The monoisotopic (exact) mass is 397 g/mol. The maximum absolute atomic E-state index is 13.8. The fourth-order valence-corrected chi connectivity index (χ4v) is 3.91. The predicted octanol–water partition coefficient (Wildman–Crippen LogP) is 1.78. The molecule has 0 saturated carbocycles. The molecule has 0 spiro atoms. The van der Waals surface area contributed by atoms with Crippen molar-refractivity contribution in [2.75, 3.05) is 52.5 Å². The number of nitrogens with one attached hydrogen (secondary N) is 1. The molecule has 0 unspecified atom stereocenters. The van der Waals surface area contributed by atoms with Crippen molar-refractivity contribution >= 4 is 23.4 Å². The summed E-state index contributed by atoms with van der Waals surface area (Å²) in [4.78, 5) is 28.8. The standard InChI is InChI=1S/C19H25ClFN3O3/c20-15-4-1-5-16(21)18(15)19(26)22-11-17(25)24-6-2-3-14(13-24)12-23-7-9-27-10-8-23/h1,4-5,14H,2-3,6-13H2,(H,22,26)/t14-/m1/s1. The molecule has 1 atom stereocenters. The van der Waals surface area contributed by atoms with Crippen molar-refractivity contribution in [2.45, 2.75) is 12.8 Å². The average Bonchev–Trinajstić information content (AvgIpc) is 2.67. The largest absolute Gasteiger partial charge is 0.379 e. The summed E-state index contributed by atoms with van der Waals surface area (Å²) in [7, 11) is 0. The van der Waals surface area contributed by atoms with Gasteiger partial charge >= 0.3 is 0 Å². The van der Waals surface area contributed by atoms with Crippen molar-refractivity contribution in [2.24, 2.45) is 5.92 Å². The maximum atomic E-state index is 13.8. The van der Waals surface area contributed by atoms with E-state index >= 15 is 0 Å². The molecule has 0 bridgehead atoms. The second-order valence-corrected chi connectivity index (χ2v) is 7.45. The summed E-state index contributed by atoms with van der Waals surface area (Å²) in [5.41, 5.74) is -0.226. The van der Waals surface area contributed by atoms with Crippen LogP contribution >= 0.6 is 11.6 Å². The van der Waals surface area contributed by atoms with E-state index in [9.17, 15) is 14.0 Å². The number of rotatable bonds is 5. The Hall–Kier alpha value is -1.70. The number of carbonyl (C=O) groups excluding carboxylic acids is 2.